The molecule has 0 fully saturated rings. The Labute approximate surface area is 122 Å². The van der Waals surface area contributed by atoms with Gasteiger partial charge in [0, 0.05) is 25.3 Å². The van der Waals surface area contributed by atoms with Crippen LogP contribution in [0.5, 0.6) is 0 Å². The minimum Gasteiger partial charge on any atom is -0.384 e. The van der Waals surface area contributed by atoms with Crippen molar-refractivity contribution in [3.63, 3.8) is 0 Å². The van der Waals surface area contributed by atoms with Crippen molar-refractivity contribution < 1.29 is 0 Å². The fraction of sp³-hybridized carbons (Fsp3) is 0.333. The Hall–Kier alpha value is -1.80. The van der Waals surface area contributed by atoms with Crippen LogP contribution >= 0.6 is 0 Å². The molecular weight excluding hydrogens is 244 g/mol. The molecule has 1 N–H and O–H groups in total. The molecule has 2 aromatic rings. The van der Waals surface area contributed by atoms with Crippen LogP contribution in [-0.2, 0) is 6.54 Å². The monoisotopic (exact) mass is 268 g/mol. The van der Waals surface area contributed by atoms with Crippen LogP contribution in [0, 0.1) is 13.8 Å². The summed E-state index contributed by atoms with van der Waals surface area (Å²) >= 11 is 0. The third kappa shape index (κ3) is 4.39. The topological polar surface area (TPSA) is 15.3 Å². The minimum atomic E-state index is 0.965. The molecule has 2 nitrogen and oxygen atoms in total. The zero-order valence-electron chi connectivity index (χ0n) is 12.7. The summed E-state index contributed by atoms with van der Waals surface area (Å²) in [6, 6.07) is 17.1. The van der Waals surface area contributed by atoms with Gasteiger partial charge in [0.2, 0.25) is 0 Å². The van der Waals surface area contributed by atoms with Crippen LogP contribution in [0.15, 0.2) is 48.5 Å². The van der Waals surface area contributed by atoms with Gasteiger partial charge in [0.15, 0.2) is 0 Å². The first kappa shape index (κ1) is 14.6. The Kier molecular flexibility index (Phi) is 5.19. The van der Waals surface area contributed by atoms with E-state index in [1.807, 2.05) is 0 Å². The van der Waals surface area contributed by atoms with Crippen molar-refractivity contribution in [1.29, 1.82) is 0 Å². The quantitative estimate of drug-likeness (QED) is 0.856. The summed E-state index contributed by atoms with van der Waals surface area (Å²) in [4.78, 5) is 2.35. The Balaban J connectivity index is 1.78. The number of hydrogen-bond donors (Lipinski definition) is 1. The van der Waals surface area contributed by atoms with Gasteiger partial charge in [-0.25, -0.2) is 0 Å². The van der Waals surface area contributed by atoms with E-state index in [0.717, 1.165) is 19.6 Å². The summed E-state index contributed by atoms with van der Waals surface area (Å²) in [6.45, 7) is 7.27. The van der Waals surface area contributed by atoms with E-state index in [1.165, 1.54) is 22.4 Å². The standard InChI is InChI=1S/C18H24N2/c1-15-7-6-9-17(13-15)14-20(3)12-11-19-18-10-5-4-8-16(18)2/h4-10,13,19H,11-12,14H2,1-3H3. The third-order valence-corrected chi connectivity index (χ3v) is 3.49. The van der Waals surface area contributed by atoms with Crippen molar-refractivity contribution in [2.24, 2.45) is 0 Å². The van der Waals surface area contributed by atoms with Crippen molar-refractivity contribution in [2.45, 2.75) is 20.4 Å². The average Bonchev–Trinajstić information content (AvgIpc) is 2.41. The van der Waals surface area contributed by atoms with Crippen molar-refractivity contribution in [3.05, 3.63) is 65.2 Å². The SMILES string of the molecule is Cc1cccc(CN(C)CCNc2ccccc2C)c1. The van der Waals surface area contributed by atoms with Gasteiger partial charge in [-0.1, -0.05) is 48.0 Å². The number of nitrogens with zero attached hydrogens (tertiary/aromatic N) is 1. The van der Waals surface area contributed by atoms with Crippen LogP contribution in [0.2, 0.25) is 0 Å². The predicted octanol–water partition coefficient (Wildman–Crippen LogP) is 3.85. The van der Waals surface area contributed by atoms with Gasteiger partial charge in [0.1, 0.15) is 0 Å². The molecule has 2 rings (SSSR count). The molecule has 2 aromatic carbocycles. The molecule has 0 heterocycles. The fourth-order valence-electron chi connectivity index (χ4n) is 2.35. The molecule has 0 amide bonds. The summed E-state index contributed by atoms with van der Waals surface area (Å²) in [5.74, 6) is 0. The van der Waals surface area contributed by atoms with Gasteiger partial charge in [-0.05, 0) is 38.1 Å². The minimum absolute atomic E-state index is 0.965. The molecule has 106 valence electrons. The van der Waals surface area contributed by atoms with Crippen molar-refractivity contribution in [3.8, 4) is 0 Å². The lowest BCUT2D eigenvalue weighted by Crippen LogP contribution is -2.25. The van der Waals surface area contributed by atoms with Gasteiger partial charge in [-0.3, -0.25) is 0 Å². The van der Waals surface area contributed by atoms with E-state index >= 15 is 0 Å². The lowest BCUT2D eigenvalue weighted by atomic mass is 10.1. The largest absolute Gasteiger partial charge is 0.384 e. The summed E-state index contributed by atoms with van der Waals surface area (Å²) in [5, 5.41) is 3.50. The molecule has 0 saturated carbocycles. The number of hydrogen-bond acceptors (Lipinski definition) is 2. The molecule has 0 bridgehead atoms. The average molecular weight is 268 g/mol. The van der Waals surface area contributed by atoms with Gasteiger partial charge in [-0.15, -0.1) is 0 Å². The van der Waals surface area contributed by atoms with Gasteiger partial charge < -0.3 is 10.2 Å². The normalized spacial score (nSPS) is 10.8. The van der Waals surface area contributed by atoms with Crippen molar-refractivity contribution >= 4 is 5.69 Å². The molecule has 0 aliphatic carbocycles. The van der Waals surface area contributed by atoms with E-state index in [4.69, 9.17) is 0 Å². The number of aryl methyl sites for hydroxylation is 2. The van der Waals surface area contributed by atoms with E-state index in [0.29, 0.717) is 0 Å². The Morgan fingerprint density at radius 2 is 1.80 bits per heavy atom. The van der Waals surface area contributed by atoms with E-state index < -0.39 is 0 Å². The number of benzene rings is 2. The Morgan fingerprint density at radius 1 is 1.00 bits per heavy atom. The highest BCUT2D eigenvalue weighted by Crippen LogP contribution is 2.12. The smallest absolute Gasteiger partial charge is 0.0370 e. The molecule has 0 spiro atoms. The van der Waals surface area contributed by atoms with Crippen LogP contribution in [0.4, 0.5) is 5.69 Å². The summed E-state index contributed by atoms with van der Waals surface area (Å²) in [7, 11) is 2.17. The van der Waals surface area contributed by atoms with Crippen LogP contribution in [0.3, 0.4) is 0 Å². The molecule has 0 aliphatic heterocycles. The molecule has 0 atom stereocenters. The molecule has 0 unspecified atom stereocenters. The van der Waals surface area contributed by atoms with Crippen LogP contribution in [-0.4, -0.2) is 25.0 Å². The third-order valence-electron chi connectivity index (χ3n) is 3.49. The highest BCUT2D eigenvalue weighted by atomic mass is 15.1. The molecule has 0 radical (unpaired) electrons. The number of likely N-dealkylation sites (N-methyl/N-ethyl adjacent to an activating group) is 1. The zero-order valence-corrected chi connectivity index (χ0v) is 12.7. The number of anilines is 1. The maximum atomic E-state index is 3.50. The number of para-hydroxylation sites is 1. The van der Waals surface area contributed by atoms with Crippen LogP contribution in [0.25, 0.3) is 0 Å². The predicted molar refractivity (Wildman–Crippen MR) is 87.2 cm³/mol. The molecular formula is C18H24N2. The highest BCUT2D eigenvalue weighted by Gasteiger charge is 2.01. The van der Waals surface area contributed by atoms with E-state index in [-0.39, 0.29) is 0 Å². The van der Waals surface area contributed by atoms with E-state index in [2.05, 4.69) is 79.6 Å². The fourth-order valence-corrected chi connectivity index (χ4v) is 2.35. The maximum Gasteiger partial charge on any atom is 0.0370 e. The highest BCUT2D eigenvalue weighted by molar-refractivity contribution is 5.50. The molecule has 0 aliphatic rings. The molecule has 2 heteroatoms. The van der Waals surface area contributed by atoms with Crippen molar-refractivity contribution in [1.82, 2.24) is 4.90 Å². The molecule has 20 heavy (non-hydrogen) atoms. The number of nitrogens with one attached hydrogen (secondary N) is 1. The van der Waals surface area contributed by atoms with Gasteiger partial charge in [-0.2, -0.15) is 0 Å². The summed E-state index contributed by atoms with van der Waals surface area (Å²) in [6.07, 6.45) is 0. The van der Waals surface area contributed by atoms with Gasteiger partial charge in [0.05, 0.1) is 0 Å². The second-order valence-electron chi connectivity index (χ2n) is 5.47. The van der Waals surface area contributed by atoms with Gasteiger partial charge in [0.25, 0.3) is 0 Å². The van der Waals surface area contributed by atoms with Crippen LogP contribution < -0.4 is 5.32 Å². The maximum absolute atomic E-state index is 3.50. The first-order valence-electron chi connectivity index (χ1n) is 7.19. The summed E-state index contributed by atoms with van der Waals surface area (Å²) in [5.41, 5.74) is 5.24. The van der Waals surface area contributed by atoms with E-state index in [9.17, 15) is 0 Å². The zero-order chi connectivity index (χ0) is 14.4. The van der Waals surface area contributed by atoms with E-state index in [1.54, 1.807) is 0 Å². The number of rotatable bonds is 6. The van der Waals surface area contributed by atoms with Gasteiger partial charge >= 0.3 is 0 Å². The molecule has 0 aromatic heterocycles. The summed E-state index contributed by atoms with van der Waals surface area (Å²) < 4.78 is 0. The van der Waals surface area contributed by atoms with Crippen molar-refractivity contribution in [2.75, 3.05) is 25.5 Å². The lowest BCUT2D eigenvalue weighted by Gasteiger charge is -2.18. The Bertz CT molecular complexity index is 549. The second kappa shape index (κ2) is 7.11. The lowest BCUT2D eigenvalue weighted by molar-refractivity contribution is 0.340. The second-order valence-corrected chi connectivity index (χ2v) is 5.47. The van der Waals surface area contributed by atoms with Crippen LogP contribution in [0.1, 0.15) is 16.7 Å². The first-order valence-corrected chi connectivity index (χ1v) is 7.19. The molecule has 0 saturated heterocycles. The first-order chi connectivity index (χ1) is 9.65. The Morgan fingerprint density at radius 3 is 2.55 bits per heavy atom.